The van der Waals surface area contributed by atoms with Gasteiger partial charge in [-0.15, -0.1) is 0 Å². The van der Waals surface area contributed by atoms with Gasteiger partial charge in [-0.25, -0.2) is 9.78 Å². The van der Waals surface area contributed by atoms with Crippen LogP contribution < -0.4 is 10.2 Å². The van der Waals surface area contributed by atoms with Crippen molar-refractivity contribution in [2.75, 3.05) is 43.6 Å². The minimum Gasteiger partial charge on any atom is -0.465 e. The van der Waals surface area contributed by atoms with Gasteiger partial charge in [0.05, 0.1) is 37.1 Å². The predicted octanol–water partition coefficient (Wildman–Crippen LogP) is 2.46. The molecule has 3 heterocycles. The number of para-hydroxylation sites is 1. The van der Waals surface area contributed by atoms with E-state index < -0.39 is 11.8 Å². The number of carbonyl (C=O) groups is 2. The zero-order valence-electron chi connectivity index (χ0n) is 16.2. The number of benzene rings is 1. The van der Waals surface area contributed by atoms with Gasteiger partial charge < -0.3 is 24.4 Å². The summed E-state index contributed by atoms with van der Waals surface area (Å²) in [5.41, 5.74) is 1.10. The second-order valence-electron chi connectivity index (χ2n) is 6.99. The highest BCUT2D eigenvalue weighted by Crippen LogP contribution is 2.32. The SMILES string of the molecule is COC(=O)c1ccccc1NC(=O)c1ccc(N2CCC3(CC2)OCCO3)nc1. The van der Waals surface area contributed by atoms with E-state index in [2.05, 4.69) is 15.2 Å². The molecule has 0 unspecified atom stereocenters. The third kappa shape index (κ3) is 4.08. The molecule has 2 saturated heterocycles. The maximum absolute atomic E-state index is 12.6. The predicted molar refractivity (Wildman–Crippen MR) is 106 cm³/mol. The first kappa shape index (κ1) is 19.4. The van der Waals surface area contributed by atoms with E-state index in [1.54, 1.807) is 36.5 Å². The van der Waals surface area contributed by atoms with Gasteiger partial charge in [0.25, 0.3) is 5.91 Å². The first-order valence-corrected chi connectivity index (χ1v) is 9.58. The molecule has 0 atom stereocenters. The number of nitrogens with one attached hydrogen (secondary N) is 1. The van der Waals surface area contributed by atoms with Crippen LogP contribution in [-0.2, 0) is 14.2 Å². The third-order valence-electron chi connectivity index (χ3n) is 5.25. The fourth-order valence-corrected chi connectivity index (χ4v) is 3.64. The lowest BCUT2D eigenvalue weighted by atomic mass is 10.0. The number of rotatable bonds is 4. The summed E-state index contributed by atoms with van der Waals surface area (Å²) < 4.78 is 16.3. The van der Waals surface area contributed by atoms with Crippen molar-refractivity contribution < 1.29 is 23.8 Å². The van der Waals surface area contributed by atoms with Crippen molar-refractivity contribution in [2.24, 2.45) is 0 Å². The molecule has 8 heteroatoms. The van der Waals surface area contributed by atoms with Gasteiger partial charge in [0, 0.05) is 32.1 Å². The summed E-state index contributed by atoms with van der Waals surface area (Å²) in [6.45, 7) is 2.87. The highest BCUT2D eigenvalue weighted by molar-refractivity contribution is 6.07. The molecular formula is C21H23N3O5. The molecule has 2 aromatic rings. The summed E-state index contributed by atoms with van der Waals surface area (Å²) >= 11 is 0. The van der Waals surface area contributed by atoms with Crippen LogP contribution in [0.1, 0.15) is 33.6 Å². The molecular weight excluding hydrogens is 374 g/mol. The molecule has 0 radical (unpaired) electrons. The van der Waals surface area contributed by atoms with Crippen molar-refractivity contribution in [2.45, 2.75) is 18.6 Å². The first-order chi connectivity index (χ1) is 14.1. The number of ether oxygens (including phenoxy) is 3. The normalized spacial score (nSPS) is 17.9. The first-order valence-electron chi connectivity index (χ1n) is 9.58. The number of carbonyl (C=O) groups excluding carboxylic acids is 2. The molecule has 1 aromatic heterocycles. The van der Waals surface area contributed by atoms with Gasteiger partial charge in [-0.3, -0.25) is 4.79 Å². The number of hydrogen-bond donors (Lipinski definition) is 1. The van der Waals surface area contributed by atoms with Crippen molar-refractivity contribution in [3.8, 4) is 0 Å². The lowest BCUT2D eigenvalue weighted by molar-refractivity contribution is -0.169. The van der Waals surface area contributed by atoms with E-state index >= 15 is 0 Å². The summed E-state index contributed by atoms with van der Waals surface area (Å²) in [5.74, 6) is -0.467. The Labute approximate surface area is 168 Å². The molecule has 2 fully saturated rings. The van der Waals surface area contributed by atoms with Crippen LogP contribution in [0.3, 0.4) is 0 Å². The molecule has 2 aliphatic rings. The molecule has 152 valence electrons. The van der Waals surface area contributed by atoms with Gasteiger partial charge in [-0.2, -0.15) is 0 Å². The molecule has 29 heavy (non-hydrogen) atoms. The smallest absolute Gasteiger partial charge is 0.339 e. The number of aromatic nitrogens is 1. The largest absolute Gasteiger partial charge is 0.465 e. The lowest BCUT2D eigenvalue weighted by Crippen LogP contribution is -2.45. The van der Waals surface area contributed by atoms with Crippen molar-refractivity contribution in [3.63, 3.8) is 0 Å². The van der Waals surface area contributed by atoms with Gasteiger partial charge in [0.2, 0.25) is 0 Å². The van der Waals surface area contributed by atoms with Gasteiger partial charge in [0.15, 0.2) is 5.79 Å². The molecule has 2 aliphatic heterocycles. The number of methoxy groups -OCH3 is 1. The number of nitrogens with zero attached hydrogens (tertiary/aromatic N) is 2. The minimum atomic E-state index is -0.507. The summed E-state index contributed by atoms with van der Waals surface area (Å²) in [5, 5.41) is 2.75. The van der Waals surface area contributed by atoms with Gasteiger partial charge >= 0.3 is 5.97 Å². The van der Waals surface area contributed by atoms with E-state index in [1.165, 1.54) is 7.11 Å². The summed E-state index contributed by atoms with van der Waals surface area (Å²) in [7, 11) is 1.30. The van der Waals surface area contributed by atoms with E-state index in [0.29, 0.717) is 30.0 Å². The van der Waals surface area contributed by atoms with Gasteiger partial charge in [-0.05, 0) is 24.3 Å². The second kappa shape index (κ2) is 8.18. The maximum atomic E-state index is 12.6. The zero-order chi connectivity index (χ0) is 20.3. The van der Waals surface area contributed by atoms with Crippen LogP contribution in [0.15, 0.2) is 42.6 Å². The van der Waals surface area contributed by atoms with Crippen LogP contribution in [0.4, 0.5) is 11.5 Å². The Morgan fingerprint density at radius 1 is 1.10 bits per heavy atom. The Morgan fingerprint density at radius 2 is 1.83 bits per heavy atom. The molecule has 8 nitrogen and oxygen atoms in total. The molecule has 1 spiro atoms. The summed E-state index contributed by atoms with van der Waals surface area (Å²) in [6.07, 6.45) is 3.13. The molecule has 1 amide bonds. The average molecular weight is 397 g/mol. The van der Waals surface area contributed by atoms with Crippen molar-refractivity contribution >= 4 is 23.4 Å². The highest BCUT2D eigenvalue weighted by Gasteiger charge is 2.40. The van der Waals surface area contributed by atoms with Gasteiger partial charge in [-0.1, -0.05) is 12.1 Å². The monoisotopic (exact) mass is 397 g/mol. The number of hydrogen-bond acceptors (Lipinski definition) is 7. The fraction of sp³-hybridized carbons (Fsp3) is 0.381. The summed E-state index contributed by atoms with van der Waals surface area (Å²) in [4.78, 5) is 31.0. The molecule has 0 aliphatic carbocycles. The number of pyridine rings is 1. The van der Waals surface area contributed by atoms with E-state index in [-0.39, 0.29) is 5.91 Å². The molecule has 4 rings (SSSR count). The number of esters is 1. The number of piperidine rings is 1. The maximum Gasteiger partial charge on any atom is 0.339 e. The van der Waals surface area contributed by atoms with Crippen LogP contribution >= 0.6 is 0 Å². The standard InChI is InChI=1S/C21H23N3O5/c1-27-20(26)16-4-2-3-5-17(16)23-19(25)15-6-7-18(22-14-15)24-10-8-21(9-11-24)28-12-13-29-21/h2-7,14H,8-13H2,1H3,(H,23,25). The molecule has 1 N–H and O–H groups in total. The van der Waals surface area contributed by atoms with E-state index in [0.717, 1.165) is 31.7 Å². The third-order valence-corrected chi connectivity index (χ3v) is 5.25. The minimum absolute atomic E-state index is 0.298. The van der Waals surface area contributed by atoms with E-state index in [1.807, 2.05) is 6.07 Å². The number of amides is 1. The molecule has 1 aromatic carbocycles. The Bertz CT molecular complexity index is 883. The zero-order valence-corrected chi connectivity index (χ0v) is 16.2. The number of anilines is 2. The van der Waals surface area contributed by atoms with E-state index in [9.17, 15) is 9.59 Å². The van der Waals surface area contributed by atoms with E-state index in [4.69, 9.17) is 14.2 Å². The molecule has 0 bridgehead atoms. The Balaban J connectivity index is 1.41. The van der Waals surface area contributed by atoms with Crippen LogP contribution in [0, 0.1) is 0 Å². The molecule has 0 saturated carbocycles. The second-order valence-corrected chi connectivity index (χ2v) is 6.99. The van der Waals surface area contributed by atoms with Crippen LogP contribution in [-0.4, -0.2) is 56.1 Å². The Morgan fingerprint density at radius 3 is 2.48 bits per heavy atom. The van der Waals surface area contributed by atoms with Crippen molar-refractivity contribution in [3.05, 3.63) is 53.7 Å². The van der Waals surface area contributed by atoms with Crippen LogP contribution in [0.2, 0.25) is 0 Å². The van der Waals surface area contributed by atoms with Crippen LogP contribution in [0.25, 0.3) is 0 Å². The van der Waals surface area contributed by atoms with Gasteiger partial charge in [0.1, 0.15) is 5.82 Å². The fourth-order valence-electron chi connectivity index (χ4n) is 3.64. The Kier molecular flexibility index (Phi) is 5.46. The summed E-state index contributed by atoms with van der Waals surface area (Å²) in [6, 6.07) is 10.3. The van der Waals surface area contributed by atoms with Crippen molar-refractivity contribution in [1.82, 2.24) is 4.98 Å². The quantitative estimate of drug-likeness (QED) is 0.793. The average Bonchev–Trinajstić information content (AvgIpc) is 3.22. The van der Waals surface area contributed by atoms with Crippen LogP contribution in [0.5, 0.6) is 0 Å². The lowest BCUT2D eigenvalue weighted by Gasteiger charge is -2.38. The highest BCUT2D eigenvalue weighted by atomic mass is 16.7. The topological polar surface area (TPSA) is 90.0 Å². The Hall–Kier alpha value is -2.97. The van der Waals surface area contributed by atoms with Crippen molar-refractivity contribution in [1.29, 1.82) is 0 Å².